The number of oxazole rings is 1. The van der Waals surface area contributed by atoms with E-state index in [-0.39, 0.29) is 18.1 Å². The Morgan fingerprint density at radius 1 is 1.13 bits per heavy atom. The number of anilines is 1. The van der Waals surface area contributed by atoms with Crippen LogP contribution in [0.5, 0.6) is 0 Å². The van der Waals surface area contributed by atoms with Crippen LogP contribution in [0.4, 0.5) is 10.2 Å². The highest BCUT2D eigenvalue weighted by atomic mass is 79.9. The Labute approximate surface area is 180 Å². The second-order valence-electron chi connectivity index (χ2n) is 6.65. The molecule has 1 N–H and O–H groups in total. The SMILES string of the molecule is O=C(CCc1ncc(-c2ccccc2F)o1)Nc1ccnn1Cc1ccc(Br)cc1. The minimum atomic E-state index is -0.378. The van der Waals surface area contributed by atoms with Gasteiger partial charge in [-0.3, -0.25) is 4.79 Å². The number of hydrogen-bond acceptors (Lipinski definition) is 4. The largest absolute Gasteiger partial charge is 0.441 e. The third-order valence-corrected chi connectivity index (χ3v) is 5.02. The first-order chi connectivity index (χ1) is 14.6. The van der Waals surface area contributed by atoms with E-state index in [1.807, 2.05) is 24.3 Å². The zero-order valence-electron chi connectivity index (χ0n) is 15.9. The highest BCUT2D eigenvalue weighted by molar-refractivity contribution is 9.10. The molecular weight excluding hydrogens is 451 g/mol. The molecule has 0 aliphatic heterocycles. The first-order valence-corrected chi connectivity index (χ1v) is 10.1. The van der Waals surface area contributed by atoms with E-state index in [1.54, 1.807) is 35.1 Å². The van der Waals surface area contributed by atoms with Crippen LogP contribution in [-0.4, -0.2) is 20.7 Å². The van der Waals surface area contributed by atoms with Crippen molar-refractivity contribution in [1.29, 1.82) is 0 Å². The Hall–Kier alpha value is -3.26. The molecule has 2 aromatic carbocycles. The van der Waals surface area contributed by atoms with Crippen molar-refractivity contribution in [3.05, 3.63) is 88.7 Å². The molecule has 0 aliphatic rings. The van der Waals surface area contributed by atoms with Crippen molar-refractivity contribution in [3.63, 3.8) is 0 Å². The van der Waals surface area contributed by atoms with Crippen LogP contribution in [0, 0.1) is 5.82 Å². The first-order valence-electron chi connectivity index (χ1n) is 9.34. The van der Waals surface area contributed by atoms with E-state index in [0.29, 0.717) is 36.0 Å². The molecule has 2 aromatic heterocycles. The van der Waals surface area contributed by atoms with Gasteiger partial charge in [0.1, 0.15) is 11.6 Å². The van der Waals surface area contributed by atoms with Gasteiger partial charge in [0.2, 0.25) is 5.91 Å². The molecule has 0 atom stereocenters. The van der Waals surface area contributed by atoms with E-state index in [2.05, 4.69) is 31.3 Å². The number of amides is 1. The molecule has 8 heteroatoms. The zero-order valence-corrected chi connectivity index (χ0v) is 17.5. The molecule has 30 heavy (non-hydrogen) atoms. The van der Waals surface area contributed by atoms with Gasteiger partial charge < -0.3 is 9.73 Å². The predicted octanol–water partition coefficient (Wildman–Crippen LogP) is 5.06. The summed E-state index contributed by atoms with van der Waals surface area (Å²) in [7, 11) is 0. The van der Waals surface area contributed by atoms with Gasteiger partial charge in [-0.2, -0.15) is 5.10 Å². The number of hydrogen-bond donors (Lipinski definition) is 1. The summed E-state index contributed by atoms with van der Waals surface area (Å²) in [5.74, 6) is 0.778. The first kappa shape index (κ1) is 20.0. The van der Waals surface area contributed by atoms with E-state index in [1.165, 1.54) is 12.3 Å². The van der Waals surface area contributed by atoms with Gasteiger partial charge in [0.15, 0.2) is 11.7 Å². The average Bonchev–Trinajstić information content (AvgIpc) is 3.38. The standard InChI is InChI=1S/C22H18BrFN4O2/c23-16-7-5-15(6-8-16)14-28-20(11-12-26-28)27-21(29)9-10-22-25-13-19(30-22)17-3-1-2-4-18(17)24/h1-8,11-13H,9-10,14H2,(H,27,29). The van der Waals surface area contributed by atoms with Crippen LogP contribution in [0.3, 0.4) is 0 Å². The normalized spacial score (nSPS) is 10.9. The summed E-state index contributed by atoms with van der Waals surface area (Å²) >= 11 is 3.41. The average molecular weight is 469 g/mol. The quantitative estimate of drug-likeness (QED) is 0.411. The lowest BCUT2D eigenvalue weighted by atomic mass is 10.2. The van der Waals surface area contributed by atoms with Crippen molar-refractivity contribution in [2.24, 2.45) is 0 Å². The zero-order chi connectivity index (χ0) is 20.9. The third-order valence-electron chi connectivity index (χ3n) is 4.49. The molecule has 2 heterocycles. The second kappa shape index (κ2) is 9.04. The van der Waals surface area contributed by atoms with E-state index in [4.69, 9.17) is 4.42 Å². The fraction of sp³-hybridized carbons (Fsp3) is 0.136. The molecule has 0 bridgehead atoms. The van der Waals surface area contributed by atoms with Gasteiger partial charge in [-0.05, 0) is 29.8 Å². The summed E-state index contributed by atoms with van der Waals surface area (Å²) in [4.78, 5) is 16.5. The summed E-state index contributed by atoms with van der Waals surface area (Å²) in [5.41, 5.74) is 1.41. The Kier molecular flexibility index (Phi) is 6.04. The highest BCUT2D eigenvalue weighted by Gasteiger charge is 2.13. The van der Waals surface area contributed by atoms with Gasteiger partial charge in [0.25, 0.3) is 0 Å². The van der Waals surface area contributed by atoms with E-state index in [0.717, 1.165) is 10.0 Å². The minimum Gasteiger partial charge on any atom is -0.441 e. The summed E-state index contributed by atoms with van der Waals surface area (Å²) in [6.45, 7) is 0.543. The van der Waals surface area contributed by atoms with Crippen LogP contribution >= 0.6 is 15.9 Å². The molecule has 4 aromatic rings. The van der Waals surface area contributed by atoms with E-state index >= 15 is 0 Å². The number of benzene rings is 2. The fourth-order valence-electron chi connectivity index (χ4n) is 2.96. The molecule has 0 fully saturated rings. The second-order valence-corrected chi connectivity index (χ2v) is 7.56. The number of rotatable bonds is 7. The maximum Gasteiger partial charge on any atom is 0.226 e. The fourth-order valence-corrected chi connectivity index (χ4v) is 3.23. The number of carbonyl (C=O) groups excluding carboxylic acids is 1. The van der Waals surface area contributed by atoms with Crippen LogP contribution in [0.2, 0.25) is 0 Å². The number of carbonyl (C=O) groups is 1. The molecule has 152 valence electrons. The topological polar surface area (TPSA) is 73.0 Å². The van der Waals surface area contributed by atoms with Crippen molar-refractivity contribution < 1.29 is 13.6 Å². The van der Waals surface area contributed by atoms with Gasteiger partial charge in [-0.25, -0.2) is 14.1 Å². The lowest BCUT2D eigenvalue weighted by molar-refractivity contribution is -0.116. The molecule has 0 aliphatic carbocycles. The predicted molar refractivity (Wildman–Crippen MR) is 114 cm³/mol. The van der Waals surface area contributed by atoms with Gasteiger partial charge >= 0.3 is 0 Å². The van der Waals surface area contributed by atoms with Gasteiger partial charge in [-0.15, -0.1) is 0 Å². The number of halogens is 2. The maximum absolute atomic E-state index is 13.9. The molecule has 0 spiro atoms. The maximum atomic E-state index is 13.9. The summed E-state index contributed by atoms with van der Waals surface area (Å²) < 4.78 is 22.2. The van der Waals surface area contributed by atoms with Crippen LogP contribution < -0.4 is 5.32 Å². The van der Waals surface area contributed by atoms with Gasteiger partial charge in [0, 0.05) is 23.4 Å². The Morgan fingerprint density at radius 3 is 2.73 bits per heavy atom. The monoisotopic (exact) mass is 468 g/mol. The number of aromatic nitrogens is 3. The molecule has 6 nitrogen and oxygen atoms in total. The number of nitrogens with one attached hydrogen (secondary N) is 1. The Bertz CT molecular complexity index is 1150. The lowest BCUT2D eigenvalue weighted by Crippen LogP contribution is -2.16. The third kappa shape index (κ3) is 4.83. The molecule has 0 radical (unpaired) electrons. The van der Waals surface area contributed by atoms with Gasteiger partial charge in [-0.1, -0.05) is 40.2 Å². The lowest BCUT2D eigenvalue weighted by Gasteiger charge is -2.09. The van der Waals surface area contributed by atoms with Crippen LogP contribution in [0.15, 0.2) is 75.9 Å². The molecule has 1 amide bonds. The number of aryl methyl sites for hydroxylation is 1. The summed E-state index contributed by atoms with van der Waals surface area (Å²) in [5, 5.41) is 7.14. The molecule has 0 unspecified atom stereocenters. The summed E-state index contributed by atoms with van der Waals surface area (Å²) in [6.07, 6.45) is 3.60. The number of nitrogens with zero attached hydrogens (tertiary/aromatic N) is 3. The van der Waals surface area contributed by atoms with Crippen LogP contribution in [-0.2, 0) is 17.8 Å². The Morgan fingerprint density at radius 2 is 1.93 bits per heavy atom. The van der Waals surface area contributed by atoms with Crippen LogP contribution in [0.25, 0.3) is 11.3 Å². The smallest absolute Gasteiger partial charge is 0.226 e. The highest BCUT2D eigenvalue weighted by Crippen LogP contribution is 2.23. The molecular formula is C22H18BrFN4O2. The Balaban J connectivity index is 1.34. The molecule has 4 rings (SSSR count). The van der Waals surface area contributed by atoms with Gasteiger partial charge in [0.05, 0.1) is 24.5 Å². The van der Waals surface area contributed by atoms with Crippen molar-refractivity contribution in [2.45, 2.75) is 19.4 Å². The molecule has 0 saturated carbocycles. The van der Waals surface area contributed by atoms with E-state index < -0.39 is 0 Å². The van der Waals surface area contributed by atoms with Crippen molar-refractivity contribution in [2.75, 3.05) is 5.32 Å². The molecule has 0 saturated heterocycles. The van der Waals surface area contributed by atoms with Crippen molar-refractivity contribution in [1.82, 2.24) is 14.8 Å². The summed E-state index contributed by atoms with van der Waals surface area (Å²) in [6, 6.07) is 16.0. The minimum absolute atomic E-state index is 0.181. The van der Waals surface area contributed by atoms with Crippen LogP contribution in [0.1, 0.15) is 17.9 Å². The van der Waals surface area contributed by atoms with Crippen molar-refractivity contribution in [3.8, 4) is 11.3 Å². The van der Waals surface area contributed by atoms with Crippen molar-refractivity contribution >= 4 is 27.7 Å². The van der Waals surface area contributed by atoms with E-state index in [9.17, 15) is 9.18 Å².